The van der Waals surface area contributed by atoms with Gasteiger partial charge in [0.15, 0.2) is 0 Å². The van der Waals surface area contributed by atoms with Crippen molar-refractivity contribution in [2.75, 3.05) is 80.2 Å². The Kier molecular flexibility index (Phi) is 10.2. The molecule has 2 amide bonds. The molecule has 4 aliphatic heterocycles. The molecule has 1 aliphatic carbocycles. The molecule has 0 spiro atoms. The van der Waals surface area contributed by atoms with E-state index in [9.17, 15) is 19.2 Å². The van der Waals surface area contributed by atoms with E-state index in [2.05, 4.69) is 14.7 Å². The Balaban J connectivity index is 1.14. The number of carbonyl (C=O) groups is 4. The number of benzene rings is 1. The van der Waals surface area contributed by atoms with Crippen LogP contribution in [0.2, 0.25) is 0 Å². The summed E-state index contributed by atoms with van der Waals surface area (Å²) in [6.07, 6.45) is 9.14. The second kappa shape index (κ2) is 14.9. The first-order chi connectivity index (χ1) is 24.4. The number of anilines is 3. The quantitative estimate of drug-likeness (QED) is 0.217. The van der Waals surface area contributed by atoms with E-state index in [4.69, 9.17) is 14.7 Å². The first kappa shape index (κ1) is 34.2. The summed E-state index contributed by atoms with van der Waals surface area (Å²) in [5.74, 6) is 1.18. The maximum absolute atomic E-state index is 14.3. The molecule has 5 aliphatic rings. The molecule has 5 heterocycles. The fourth-order valence-electron chi connectivity index (χ4n) is 8.63. The second-order valence-corrected chi connectivity index (χ2v) is 14.5. The van der Waals surface area contributed by atoms with Gasteiger partial charge in [-0.25, -0.2) is 0 Å². The van der Waals surface area contributed by atoms with Crippen LogP contribution in [0.5, 0.6) is 0 Å². The van der Waals surface area contributed by atoms with Crippen molar-refractivity contribution in [2.24, 2.45) is 5.41 Å². The van der Waals surface area contributed by atoms with Gasteiger partial charge in [0.2, 0.25) is 23.5 Å². The number of ketones is 1. The Morgan fingerprint density at radius 3 is 1.94 bits per heavy atom. The lowest BCUT2D eigenvalue weighted by molar-refractivity contribution is -0.169. The van der Waals surface area contributed by atoms with E-state index in [-0.39, 0.29) is 24.2 Å². The zero-order valence-electron chi connectivity index (χ0n) is 29.5. The van der Waals surface area contributed by atoms with E-state index in [0.29, 0.717) is 80.7 Å². The number of likely N-dealkylation sites (tertiary alicyclic amines) is 1. The molecule has 2 aromatic rings. The largest absolute Gasteiger partial charge is 0.465 e. The van der Waals surface area contributed by atoms with Crippen LogP contribution in [0, 0.1) is 5.41 Å². The number of rotatable bonds is 9. The first-order valence-electron chi connectivity index (χ1n) is 18.9. The van der Waals surface area contributed by atoms with Gasteiger partial charge in [-0.05, 0) is 58.3 Å². The van der Waals surface area contributed by atoms with Gasteiger partial charge in [-0.2, -0.15) is 9.97 Å². The third-order valence-corrected chi connectivity index (χ3v) is 11.4. The first-order valence-corrected chi connectivity index (χ1v) is 18.9. The average molecular weight is 686 g/mol. The SMILES string of the molecule is CCOC(=O)C1(C(=O)N2CCCC2C(=O)N2CCN(c3nc(N4CCCC4)nc(N4CCCC4)c3C(=O)c3ccccc3)CC2)CCCCC1. The number of piperazine rings is 1. The minimum Gasteiger partial charge on any atom is -0.465 e. The molecule has 50 heavy (non-hydrogen) atoms. The van der Waals surface area contributed by atoms with Crippen molar-refractivity contribution < 1.29 is 23.9 Å². The van der Waals surface area contributed by atoms with Gasteiger partial charge in [-0.1, -0.05) is 49.6 Å². The summed E-state index contributed by atoms with van der Waals surface area (Å²) in [4.78, 5) is 76.3. The van der Waals surface area contributed by atoms with Crippen molar-refractivity contribution in [3.63, 3.8) is 0 Å². The standard InChI is InChI=1S/C38H51N7O5/c1-2-50-36(49)38(17-7-4-8-18-38)35(48)45-23-13-16-29(45)34(47)43-26-24-42(25-27-43)33-30(31(46)28-14-5-3-6-15-28)32(41-19-9-10-20-41)39-37(40-33)44-21-11-12-22-44/h3,5-6,14-15,29H,2,4,7-13,16-27H2,1H3. The maximum atomic E-state index is 14.3. The zero-order valence-corrected chi connectivity index (χ0v) is 29.5. The molecule has 1 aromatic carbocycles. The zero-order chi connectivity index (χ0) is 34.7. The minimum absolute atomic E-state index is 0.0656. The van der Waals surface area contributed by atoms with E-state index < -0.39 is 17.4 Å². The molecule has 7 rings (SSSR count). The summed E-state index contributed by atoms with van der Waals surface area (Å²) < 4.78 is 5.44. The van der Waals surface area contributed by atoms with Gasteiger partial charge in [0.05, 0.1) is 6.61 Å². The topological polar surface area (TPSA) is 119 Å². The number of ether oxygens (including phenoxy) is 1. The molecule has 0 radical (unpaired) electrons. The smallest absolute Gasteiger partial charge is 0.321 e. The Labute approximate surface area is 295 Å². The van der Waals surface area contributed by atoms with Gasteiger partial charge >= 0.3 is 5.97 Å². The maximum Gasteiger partial charge on any atom is 0.321 e. The number of aromatic nitrogens is 2. The fourth-order valence-corrected chi connectivity index (χ4v) is 8.63. The predicted molar refractivity (Wildman–Crippen MR) is 190 cm³/mol. The van der Waals surface area contributed by atoms with E-state index in [0.717, 1.165) is 77.5 Å². The van der Waals surface area contributed by atoms with Crippen molar-refractivity contribution in [2.45, 2.75) is 83.6 Å². The van der Waals surface area contributed by atoms with Gasteiger partial charge in [-0.15, -0.1) is 0 Å². The van der Waals surface area contributed by atoms with E-state index in [1.165, 1.54) is 0 Å². The van der Waals surface area contributed by atoms with Crippen LogP contribution in [-0.4, -0.2) is 115 Å². The Bertz CT molecular complexity index is 1560. The summed E-state index contributed by atoms with van der Waals surface area (Å²) in [5.41, 5.74) is -0.0554. The molecule has 268 valence electrons. The van der Waals surface area contributed by atoms with Crippen LogP contribution in [0.4, 0.5) is 17.6 Å². The van der Waals surface area contributed by atoms with Crippen molar-refractivity contribution in [3.05, 3.63) is 41.5 Å². The highest BCUT2D eigenvalue weighted by Gasteiger charge is 2.52. The molecular weight excluding hydrogens is 634 g/mol. The molecule has 1 atom stereocenters. The van der Waals surface area contributed by atoms with Crippen molar-refractivity contribution in [1.82, 2.24) is 19.8 Å². The van der Waals surface area contributed by atoms with Gasteiger partial charge < -0.3 is 29.2 Å². The van der Waals surface area contributed by atoms with Gasteiger partial charge in [0.25, 0.3) is 0 Å². The Morgan fingerprint density at radius 1 is 0.720 bits per heavy atom. The lowest BCUT2D eigenvalue weighted by atomic mass is 9.72. The van der Waals surface area contributed by atoms with E-state index in [1.54, 1.807) is 11.8 Å². The highest BCUT2D eigenvalue weighted by Crippen LogP contribution is 2.41. The molecule has 1 unspecified atom stereocenters. The molecule has 5 fully saturated rings. The summed E-state index contributed by atoms with van der Waals surface area (Å²) in [6, 6.07) is 8.78. The highest BCUT2D eigenvalue weighted by molar-refractivity contribution is 6.15. The van der Waals surface area contributed by atoms with Gasteiger partial charge in [0, 0.05) is 64.5 Å². The lowest BCUT2D eigenvalue weighted by Crippen LogP contribution is -2.58. The molecule has 0 bridgehead atoms. The van der Waals surface area contributed by atoms with Gasteiger partial charge in [0.1, 0.15) is 28.7 Å². The highest BCUT2D eigenvalue weighted by atomic mass is 16.5. The van der Waals surface area contributed by atoms with Crippen LogP contribution in [0.1, 0.15) is 93.5 Å². The fraction of sp³-hybridized carbons (Fsp3) is 0.632. The number of esters is 1. The average Bonchev–Trinajstić information content (AvgIpc) is 3.99. The molecule has 12 nitrogen and oxygen atoms in total. The van der Waals surface area contributed by atoms with Crippen molar-refractivity contribution in [1.29, 1.82) is 0 Å². The van der Waals surface area contributed by atoms with Crippen LogP contribution in [-0.2, 0) is 19.1 Å². The van der Waals surface area contributed by atoms with Crippen LogP contribution < -0.4 is 14.7 Å². The summed E-state index contributed by atoms with van der Waals surface area (Å²) in [5, 5.41) is 0. The molecule has 4 saturated heterocycles. The van der Waals surface area contributed by atoms with Gasteiger partial charge in [-0.3, -0.25) is 19.2 Å². The lowest BCUT2D eigenvalue weighted by Gasteiger charge is -2.41. The molecule has 0 N–H and O–H groups in total. The number of hydrogen-bond acceptors (Lipinski definition) is 10. The molecular formula is C38H51N7O5. The van der Waals surface area contributed by atoms with Crippen LogP contribution in [0.3, 0.4) is 0 Å². The van der Waals surface area contributed by atoms with E-state index in [1.807, 2.05) is 35.2 Å². The number of hydrogen-bond donors (Lipinski definition) is 0. The predicted octanol–water partition coefficient (Wildman–Crippen LogP) is 4.06. The molecule has 1 saturated carbocycles. The van der Waals surface area contributed by atoms with Crippen molar-refractivity contribution in [3.8, 4) is 0 Å². The Hall–Kier alpha value is -4.22. The number of amides is 2. The monoisotopic (exact) mass is 685 g/mol. The normalized spacial score (nSPS) is 22.3. The van der Waals surface area contributed by atoms with Crippen LogP contribution >= 0.6 is 0 Å². The summed E-state index contributed by atoms with van der Waals surface area (Å²) in [7, 11) is 0. The Morgan fingerprint density at radius 2 is 1.32 bits per heavy atom. The summed E-state index contributed by atoms with van der Waals surface area (Å²) in [6.45, 7) is 7.84. The third kappa shape index (κ3) is 6.53. The number of nitrogens with zero attached hydrogens (tertiary/aromatic N) is 7. The number of carbonyl (C=O) groups excluding carboxylic acids is 4. The second-order valence-electron chi connectivity index (χ2n) is 14.5. The van der Waals surface area contributed by atoms with E-state index >= 15 is 0 Å². The molecule has 1 aromatic heterocycles. The molecule has 12 heteroatoms. The van der Waals surface area contributed by atoms with Crippen molar-refractivity contribution >= 4 is 41.2 Å². The third-order valence-electron chi connectivity index (χ3n) is 11.4. The minimum atomic E-state index is -1.19. The van der Waals surface area contributed by atoms with Crippen LogP contribution in [0.15, 0.2) is 30.3 Å². The van der Waals surface area contributed by atoms with Crippen LogP contribution in [0.25, 0.3) is 0 Å². The summed E-state index contributed by atoms with van der Waals surface area (Å²) >= 11 is 0.